The van der Waals surface area contributed by atoms with Gasteiger partial charge in [-0.05, 0) is 12.8 Å². The van der Waals surface area contributed by atoms with E-state index in [-0.39, 0.29) is 5.72 Å². The van der Waals surface area contributed by atoms with E-state index in [9.17, 15) is 0 Å². The lowest BCUT2D eigenvalue weighted by Crippen LogP contribution is -2.50. The summed E-state index contributed by atoms with van der Waals surface area (Å²) in [7, 11) is 4.64. The quantitative estimate of drug-likeness (QED) is 0.146. The zero-order valence-corrected chi connectivity index (χ0v) is 18.1. The van der Waals surface area contributed by atoms with E-state index in [1.165, 1.54) is 109 Å². The summed E-state index contributed by atoms with van der Waals surface area (Å²) < 4.78 is 6.65. The second-order valence-corrected chi connectivity index (χ2v) is 9.18. The summed E-state index contributed by atoms with van der Waals surface area (Å²) in [5.74, 6) is 0. The average Bonchev–Trinajstić information content (AvgIpc) is 3.34. The molecule has 2 heteroatoms. The molecular weight excluding hydrogens is 306 g/mol. The Labute approximate surface area is 159 Å². The molecule has 1 heterocycles. The number of ether oxygens (including phenoxy) is 1. The van der Waals surface area contributed by atoms with Crippen molar-refractivity contribution in [2.24, 2.45) is 0 Å². The van der Waals surface area contributed by atoms with Crippen molar-refractivity contribution in [1.29, 1.82) is 0 Å². The fraction of sp³-hybridized carbons (Fsp3) is 1.00. The molecule has 0 N–H and O–H groups in total. The number of unbranched alkanes of at least 4 members (excludes halogenated alkanes) is 15. The molecular formula is C23H48NO+. The first-order valence-corrected chi connectivity index (χ1v) is 11.5. The smallest absolute Gasteiger partial charge is 0.224 e. The van der Waals surface area contributed by atoms with Crippen LogP contribution in [0.3, 0.4) is 0 Å². The summed E-state index contributed by atoms with van der Waals surface area (Å²) in [5.41, 5.74) is 0.121. The topological polar surface area (TPSA) is 12.5 Å². The summed E-state index contributed by atoms with van der Waals surface area (Å²) in [6, 6.07) is 0. The van der Waals surface area contributed by atoms with Gasteiger partial charge in [0.2, 0.25) is 5.72 Å². The van der Waals surface area contributed by atoms with Gasteiger partial charge in [-0.1, -0.05) is 96.8 Å². The number of epoxide rings is 1. The molecule has 0 aromatic carbocycles. The Morgan fingerprint density at radius 2 is 0.960 bits per heavy atom. The first-order chi connectivity index (χ1) is 12.0. The summed E-state index contributed by atoms with van der Waals surface area (Å²) in [5, 5.41) is 0. The van der Waals surface area contributed by atoms with Crippen molar-refractivity contribution >= 4 is 0 Å². The van der Waals surface area contributed by atoms with Crippen molar-refractivity contribution < 1.29 is 9.22 Å². The van der Waals surface area contributed by atoms with Crippen molar-refractivity contribution in [3.05, 3.63) is 0 Å². The molecule has 1 unspecified atom stereocenters. The fourth-order valence-electron chi connectivity index (χ4n) is 3.75. The maximum absolute atomic E-state index is 5.61. The third kappa shape index (κ3) is 10.6. The number of hydrogen-bond donors (Lipinski definition) is 0. The van der Waals surface area contributed by atoms with E-state index < -0.39 is 0 Å². The number of nitrogens with zero attached hydrogens (tertiary/aromatic N) is 1. The van der Waals surface area contributed by atoms with Gasteiger partial charge in [0, 0.05) is 6.92 Å². The van der Waals surface area contributed by atoms with Gasteiger partial charge in [0.05, 0.1) is 20.6 Å². The van der Waals surface area contributed by atoms with E-state index in [4.69, 9.17) is 4.74 Å². The van der Waals surface area contributed by atoms with Crippen LogP contribution >= 0.6 is 0 Å². The average molecular weight is 355 g/mol. The Balaban J connectivity index is 1.73. The standard InChI is InChI=1S/C23H48NO/c1-5-6-7-8-9-10-11-12-13-14-15-16-17-18-19-20-21-24(3,4)23(2)22-25-23/h5-22H2,1-4H3/q+1. The van der Waals surface area contributed by atoms with E-state index in [2.05, 4.69) is 27.9 Å². The van der Waals surface area contributed by atoms with Gasteiger partial charge in [-0.15, -0.1) is 0 Å². The van der Waals surface area contributed by atoms with Crippen molar-refractivity contribution in [3.63, 3.8) is 0 Å². The molecule has 2 nitrogen and oxygen atoms in total. The molecule has 1 saturated heterocycles. The van der Waals surface area contributed by atoms with Gasteiger partial charge in [0.1, 0.15) is 6.61 Å². The second kappa shape index (κ2) is 13.1. The lowest BCUT2D eigenvalue weighted by atomic mass is 10.0. The first kappa shape index (κ1) is 23.0. The zero-order valence-electron chi connectivity index (χ0n) is 18.1. The van der Waals surface area contributed by atoms with E-state index in [1.807, 2.05) is 0 Å². The monoisotopic (exact) mass is 354 g/mol. The van der Waals surface area contributed by atoms with Crippen LogP contribution in [0, 0.1) is 0 Å². The highest BCUT2D eigenvalue weighted by Gasteiger charge is 2.53. The van der Waals surface area contributed by atoms with Gasteiger partial charge in [-0.25, -0.2) is 0 Å². The highest BCUT2D eigenvalue weighted by atomic mass is 16.6. The van der Waals surface area contributed by atoms with Crippen LogP contribution in [0.2, 0.25) is 0 Å². The van der Waals surface area contributed by atoms with Gasteiger partial charge in [0.25, 0.3) is 0 Å². The Kier molecular flexibility index (Phi) is 12.1. The summed E-state index contributed by atoms with van der Waals surface area (Å²) in [6.07, 6.45) is 23.1. The maximum Gasteiger partial charge on any atom is 0.224 e. The predicted molar refractivity (Wildman–Crippen MR) is 111 cm³/mol. The van der Waals surface area contributed by atoms with Gasteiger partial charge in [-0.2, -0.15) is 0 Å². The maximum atomic E-state index is 5.61. The third-order valence-electron chi connectivity index (χ3n) is 6.41. The number of quaternary nitrogens is 1. The van der Waals surface area contributed by atoms with Crippen molar-refractivity contribution in [2.75, 3.05) is 27.2 Å². The van der Waals surface area contributed by atoms with Gasteiger partial charge < -0.3 is 4.74 Å². The molecule has 0 aromatic rings. The third-order valence-corrected chi connectivity index (χ3v) is 6.41. The Morgan fingerprint density at radius 1 is 0.640 bits per heavy atom. The van der Waals surface area contributed by atoms with Crippen molar-refractivity contribution in [2.45, 2.75) is 122 Å². The Hall–Kier alpha value is -0.0800. The normalized spacial score (nSPS) is 20.2. The van der Waals surface area contributed by atoms with Crippen LogP contribution in [0.1, 0.15) is 117 Å². The van der Waals surface area contributed by atoms with E-state index >= 15 is 0 Å². The minimum absolute atomic E-state index is 0.121. The van der Waals surface area contributed by atoms with Crippen LogP contribution in [-0.2, 0) is 4.74 Å². The molecule has 1 aliphatic heterocycles. The van der Waals surface area contributed by atoms with Crippen LogP contribution in [0.5, 0.6) is 0 Å². The van der Waals surface area contributed by atoms with E-state index in [1.54, 1.807) is 0 Å². The second-order valence-electron chi connectivity index (χ2n) is 9.18. The lowest BCUT2D eigenvalue weighted by Gasteiger charge is -2.33. The van der Waals surface area contributed by atoms with Gasteiger partial charge in [0.15, 0.2) is 0 Å². The molecule has 0 bridgehead atoms. The Bertz CT molecular complexity index is 309. The Morgan fingerprint density at radius 3 is 1.28 bits per heavy atom. The molecule has 0 radical (unpaired) electrons. The number of hydrogen-bond acceptors (Lipinski definition) is 1. The van der Waals surface area contributed by atoms with Crippen molar-refractivity contribution in [3.8, 4) is 0 Å². The number of rotatable bonds is 18. The van der Waals surface area contributed by atoms with Gasteiger partial charge in [-0.3, -0.25) is 4.48 Å². The molecule has 1 aliphatic rings. The molecule has 150 valence electrons. The summed E-state index contributed by atoms with van der Waals surface area (Å²) in [4.78, 5) is 0. The molecule has 0 saturated carbocycles. The van der Waals surface area contributed by atoms with Crippen LogP contribution in [0.15, 0.2) is 0 Å². The summed E-state index contributed by atoms with van der Waals surface area (Å²) >= 11 is 0. The molecule has 0 spiro atoms. The molecule has 1 fully saturated rings. The highest BCUT2D eigenvalue weighted by molar-refractivity contribution is 4.75. The van der Waals surface area contributed by atoms with Crippen LogP contribution in [0.4, 0.5) is 0 Å². The van der Waals surface area contributed by atoms with Crippen LogP contribution < -0.4 is 0 Å². The number of likely N-dealkylation sites (N-methyl/N-ethyl adjacent to an activating group) is 1. The zero-order chi connectivity index (χ0) is 18.4. The molecule has 0 aromatic heterocycles. The first-order valence-electron chi connectivity index (χ1n) is 11.5. The SMILES string of the molecule is CCCCCCCCCCCCCCCCCC[N+](C)(C)C1(C)CO1. The molecule has 1 rings (SSSR count). The van der Waals surface area contributed by atoms with Gasteiger partial charge >= 0.3 is 0 Å². The fourth-order valence-corrected chi connectivity index (χ4v) is 3.75. The summed E-state index contributed by atoms with van der Waals surface area (Å²) in [6.45, 7) is 6.75. The molecule has 0 amide bonds. The molecule has 25 heavy (non-hydrogen) atoms. The van der Waals surface area contributed by atoms with Crippen molar-refractivity contribution in [1.82, 2.24) is 0 Å². The minimum Gasteiger partial charge on any atom is -0.316 e. The minimum atomic E-state index is 0.121. The predicted octanol–water partition coefficient (Wildman–Crippen LogP) is 7.07. The van der Waals surface area contributed by atoms with Crippen LogP contribution in [-0.4, -0.2) is 37.5 Å². The highest BCUT2D eigenvalue weighted by Crippen LogP contribution is 2.35. The molecule has 1 atom stereocenters. The van der Waals surface area contributed by atoms with E-state index in [0.29, 0.717) is 0 Å². The largest absolute Gasteiger partial charge is 0.316 e. The van der Waals surface area contributed by atoms with E-state index in [0.717, 1.165) is 11.1 Å². The lowest BCUT2D eigenvalue weighted by molar-refractivity contribution is -0.935. The molecule has 0 aliphatic carbocycles. The van der Waals surface area contributed by atoms with Crippen LogP contribution in [0.25, 0.3) is 0 Å².